The van der Waals surface area contributed by atoms with Crippen LogP contribution >= 0.6 is 11.8 Å². The van der Waals surface area contributed by atoms with E-state index in [2.05, 4.69) is 15.5 Å². The minimum atomic E-state index is -0.0962. The number of hydrogen-bond acceptors (Lipinski definition) is 5. The predicted molar refractivity (Wildman–Crippen MR) is 127 cm³/mol. The number of carbonyl (C=O) groups is 1. The van der Waals surface area contributed by atoms with Crippen molar-refractivity contribution in [2.24, 2.45) is 0 Å². The average Bonchev–Trinajstić information content (AvgIpc) is 3.20. The summed E-state index contributed by atoms with van der Waals surface area (Å²) in [4.78, 5) is 12.5. The van der Waals surface area contributed by atoms with Gasteiger partial charge in [0.25, 0.3) is 0 Å². The fourth-order valence-electron chi connectivity index (χ4n) is 3.16. The Bertz CT molecular complexity index is 1190. The number of amides is 1. The lowest BCUT2D eigenvalue weighted by molar-refractivity contribution is -0.113. The van der Waals surface area contributed by atoms with E-state index in [0.717, 1.165) is 28.3 Å². The van der Waals surface area contributed by atoms with E-state index in [9.17, 15) is 4.79 Å². The Kier molecular flexibility index (Phi) is 6.87. The van der Waals surface area contributed by atoms with Crippen LogP contribution in [0.2, 0.25) is 0 Å². The molecule has 0 atom stereocenters. The van der Waals surface area contributed by atoms with Gasteiger partial charge in [-0.1, -0.05) is 59.8 Å². The van der Waals surface area contributed by atoms with Gasteiger partial charge in [0.1, 0.15) is 12.4 Å². The van der Waals surface area contributed by atoms with Gasteiger partial charge in [-0.05, 0) is 55.8 Å². The Morgan fingerprint density at radius 1 is 0.938 bits per heavy atom. The standard InChI is InChI=1S/C25H24N4O2S/c1-18-11-13-21(14-12-18)29-23(16-31-22-9-4-3-5-10-22)27-28-25(29)32-17-24(30)26-20-8-6-7-19(2)15-20/h3-15H,16-17H2,1-2H3,(H,26,30). The normalized spacial score (nSPS) is 10.7. The molecule has 1 aromatic heterocycles. The summed E-state index contributed by atoms with van der Waals surface area (Å²) in [5, 5.41) is 12.2. The van der Waals surface area contributed by atoms with Crippen LogP contribution in [0.4, 0.5) is 5.69 Å². The van der Waals surface area contributed by atoms with Gasteiger partial charge < -0.3 is 10.1 Å². The van der Waals surface area contributed by atoms with E-state index >= 15 is 0 Å². The number of carbonyl (C=O) groups excluding carboxylic acids is 1. The summed E-state index contributed by atoms with van der Waals surface area (Å²) in [6.45, 7) is 4.30. The summed E-state index contributed by atoms with van der Waals surface area (Å²) in [6.07, 6.45) is 0. The largest absolute Gasteiger partial charge is 0.486 e. The number of anilines is 1. The van der Waals surface area contributed by atoms with Crippen molar-refractivity contribution < 1.29 is 9.53 Å². The number of hydrogen-bond donors (Lipinski definition) is 1. The first kappa shape index (κ1) is 21.6. The summed E-state index contributed by atoms with van der Waals surface area (Å²) in [7, 11) is 0. The molecule has 0 bridgehead atoms. The van der Waals surface area contributed by atoms with Gasteiger partial charge >= 0.3 is 0 Å². The molecule has 1 amide bonds. The smallest absolute Gasteiger partial charge is 0.234 e. The van der Waals surface area contributed by atoms with Crippen molar-refractivity contribution in [1.29, 1.82) is 0 Å². The van der Waals surface area contributed by atoms with Crippen LogP contribution in [0.25, 0.3) is 5.69 Å². The molecule has 0 aliphatic rings. The van der Waals surface area contributed by atoms with E-state index in [1.807, 2.05) is 97.3 Å². The van der Waals surface area contributed by atoms with Crippen LogP contribution in [0.5, 0.6) is 5.75 Å². The lowest BCUT2D eigenvalue weighted by atomic mass is 10.2. The highest BCUT2D eigenvalue weighted by Gasteiger charge is 2.16. The van der Waals surface area contributed by atoms with Gasteiger partial charge in [0.05, 0.1) is 5.75 Å². The highest BCUT2D eigenvalue weighted by molar-refractivity contribution is 7.99. The van der Waals surface area contributed by atoms with Gasteiger partial charge in [0.15, 0.2) is 11.0 Å². The van der Waals surface area contributed by atoms with E-state index in [1.54, 1.807) is 0 Å². The first-order valence-electron chi connectivity index (χ1n) is 10.3. The molecule has 0 saturated carbocycles. The van der Waals surface area contributed by atoms with Gasteiger partial charge in [-0.25, -0.2) is 0 Å². The number of aromatic nitrogens is 3. The molecule has 32 heavy (non-hydrogen) atoms. The second-order valence-corrected chi connectivity index (χ2v) is 8.32. The number of thioether (sulfide) groups is 1. The van der Waals surface area contributed by atoms with Crippen molar-refractivity contribution in [2.75, 3.05) is 11.1 Å². The van der Waals surface area contributed by atoms with Crippen molar-refractivity contribution in [2.45, 2.75) is 25.6 Å². The van der Waals surface area contributed by atoms with Crippen LogP contribution in [-0.2, 0) is 11.4 Å². The Morgan fingerprint density at radius 2 is 1.72 bits per heavy atom. The Balaban J connectivity index is 1.51. The Hall–Kier alpha value is -3.58. The van der Waals surface area contributed by atoms with E-state index in [4.69, 9.17) is 4.74 Å². The zero-order valence-electron chi connectivity index (χ0n) is 18.0. The predicted octanol–water partition coefficient (Wildman–Crippen LogP) is 5.19. The molecule has 0 fully saturated rings. The van der Waals surface area contributed by atoms with Crippen LogP contribution < -0.4 is 10.1 Å². The monoisotopic (exact) mass is 444 g/mol. The third-order valence-corrected chi connectivity index (χ3v) is 5.67. The highest BCUT2D eigenvalue weighted by Crippen LogP contribution is 2.24. The molecule has 0 unspecified atom stereocenters. The number of benzene rings is 3. The fraction of sp³-hybridized carbons (Fsp3) is 0.160. The maximum absolute atomic E-state index is 12.5. The highest BCUT2D eigenvalue weighted by atomic mass is 32.2. The van der Waals surface area contributed by atoms with Gasteiger partial charge in [0, 0.05) is 11.4 Å². The van der Waals surface area contributed by atoms with Gasteiger partial charge in [0.2, 0.25) is 5.91 Å². The lowest BCUT2D eigenvalue weighted by Crippen LogP contribution is -2.15. The zero-order chi connectivity index (χ0) is 22.3. The number of rotatable bonds is 8. The minimum Gasteiger partial charge on any atom is -0.486 e. The van der Waals surface area contributed by atoms with Crippen molar-refractivity contribution >= 4 is 23.4 Å². The molecule has 1 N–H and O–H groups in total. The van der Waals surface area contributed by atoms with Gasteiger partial charge in [-0.15, -0.1) is 10.2 Å². The lowest BCUT2D eigenvalue weighted by Gasteiger charge is -2.12. The number of para-hydroxylation sites is 1. The molecule has 7 heteroatoms. The van der Waals surface area contributed by atoms with Crippen LogP contribution in [0.15, 0.2) is 84.0 Å². The Labute approximate surface area is 191 Å². The van der Waals surface area contributed by atoms with Gasteiger partial charge in [-0.3, -0.25) is 9.36 Å². The first-order valence-corrected chi connectivity index (χ1v) is 11.3. The van der Waals surface area contributed by atoms with Crippen LogP contribution in [-0.4, -0.2) is 26.4 Å². The first-order chi connectivity index (χ1) is 15.6. The molecule has 4 aromatic rings. The molecule has 3 aromatic carbocycles. The number of nitrogens with zero attached hydrogens (tertiary/aromatic N) is 3. The second kappa shape index (κ2) is 10.2. The third-order valence-electron chi connectivity index (χ3n) is 4.74. The molecule has 162 valence electrons. The molecular weight excluding hydrogens is 420 g/mol. The fourth-order valence-corrected chi connectivity index (χ4v) is 3.93. The summed E-state index contributed by atoms with van der Waals surface area (Å²) in [5.74, 6) is 1.55. The summed E-state index contributed by atoms with van der Waals surface area (Å²) in [6, 6.07) is 25.4. The SMILES string of the molecule is Cc1ccc(-n2c(COc3ccccc3)nnc2SCC(=O)Nc2cccc(C)c2)cc1. The van der Waals surface area contributed by atoms with E-state index in [1.165, 1.54) is 11.8 Å². The van der Waals surface area contributed by atoms with Crippen molar-refractivity contribution in [3.05, 3.63) is 95.8 Å². The molecule has 0 aliphatic heterocycles. The van der Waals surface area contributed by atoms with Crippen LogP contribution in [0, 0.1) is 13.8 Å². The second-order valence-electron chi connectivity index (χ2n) is 7.38. The number of nitrogens with one attached hydrogen (secondary N) is 1. The zero-order valence-corrected chi connectivity index (χ0v) is 18.8. The van der Waals surface area contributed by atoms with Crippen molar-refractivity contribution in [3.63, 3.8) is 0 Å². The summed E-state index contributed by atoms with van der Waals surface area (Å²) in [5.41, 5.74) is 3.97. The molecule has 1 heterocycles. The number of aryl methyl sites for hydroxylation is 2. The molecule has 6 nitrogen and oxygen atoms in total. The van der Waals surface area contributed by atoms with E-state index in [-0.39, 0.29) is 18.3 Å². The third kappa shape index (κ3) is 5.56. The quantitative estimate of drug-likeness (QED) is 0.379. The van der Waals surface area contributed by atoms with Crippen molar-refractivity contribution in [1.82, 2.24) is 14.8 Å². The van der Waals surface area contributed by atoms with Crippen LogP contribution in [0.1, 0.15) is 17.0 Å². The summed E-state index contributed by atoms with van der Waals surface area (Å²) >= 11 is 1.34. The topological polar surface area (TPSA) is 69.0 Å². The Morgan fingerprint density at radius 3 is 2.47 bits per heavy atom. The average molecular weight is 445 g/mol. The molecule has 4 rings (SSSR count). The molecule has 0 spiro atoms. The summed E-state index contributed by atoms with van der Waals surface area (Å²) < 4.78 is 7.83. The van der Waals surface area contributed by atoms with Crippen molar-refractivity contribution in [3.8, 4) is 11.4 Å². The van der Waals surface area contributed by atoms with E-state index in [0.29, 0.717) is 11.0 Å². The molecule has 0 radical (unpaired) electrons. The number of ether oxygens (including phenoxy) is 1. The maximum atomic E-state index is 12.5. The molecular formula is C25H24N4O2S. The molecule has 0 aliphatic carbocycles. The van der Waals surface area contributed by atoms with Crippen LogP contribution in [0.3, 0.4) is 0 Å². The van der Waals surface area contributed by atoms with Gasteiger partial charge in [-0.2, -0.15) is 0 Å². The minimum absolute atomic E-state index is 0.0962. The van der Waals surface area contributed by atoms with E-state index < -0.39 is 0 Å². The molecule has 0 saturated heterocycles. The maximum Gasteiger partial charge on any atom is 0.234 e.